The van der Waals surface area contributed by atoms with Crippen molar-refractivity contribution in [1.82, 2.24) is 0 Å². The second-order valence-corrected chi connectivity index (χ2v) is 4.09. The maximum absolute atomic E-state index is 9.62. The number of aryl methyl sites for hydroxylation is 2. The van der Waals surface area contributed by atoms with E-state index in [4.69, 9.17) is 0 Å². The number of ketones is 1. The molecule has 90 valence electrons. The molecule has 0 aliphatic rings. The molecule has 0 amide bonds. The lowest BCUT2D eigenvalue weighted by Gasteiger charge is -2.05. The van der Waals surface area contributed by atoms with Crippen LogP contribution in [0.15, 0.2) is 18.2 Å². The van der Waals surface area contributed by atoms with Crippen LogP contribution in [0.3, 0.4) is 0 Å². The normalized spacial score (nSPS) is 9.25. The Bertz CT molecular complexity index is 326. The molecule has 0 fully saturated rings. The van der Waals surface area contributed by atoms with Crippen LogP contribution in [0.2, 0.25) is 0 Å². The number of rotatable bonds is 3. The van der Waals surface area contributed by atoms with Gasteiger partial charge >= 0.3 is 0 Å². The summed E-state index contributed by atoms with van der Waals surface area (Å²) in [6, 6.07) is 5.93. The largest absolute Gasteiger partial charge is 0.507 e. The first-order chi connectivity index (χ1) is 7.49. The number of hydrogen-bond acceptors (Lipinski definition) is 2. The minimum absolute atomic E-state index is 0.167. The molecule has 1 aromatic rings. The fourth-order valence-electron chi connectivity index (χ4n) is 1.29. The van der Waals surface area contributed by atoms with Gasteiger partial charge in [-0.2, -0.15) is 0 Å². The molecule has 0 spiro atoms. The minimum atomic E-state index is 0.167. The van der Waals surface area contributed by atoms with Crippen LogP contribution in [-0.2, 0) is 11.2 Å². The summed E-state index contributed by atoms with van der Waals surface area (Å²) in [5.74, 6) is 0.644. The highest BCUT2D eigenvalue weighted by Crippen LogP contribution is 2.22. The van der Waals surface area contributed by atoms with Crippen LogP contribution in [0.4, 0.5) is 0 Å². The smallest absolute Gasteiger partial charge is 0.126 e. The lowest BCUT2D eigenvalue weighted by atomic mass is 10.0. The van der Waals surface area contributed by atoms with E-state index in [-0.39, 0.29) is 5.78 Å². The number of hydrogen-bond donors (Lipinski definition) is 1. The highest BCUT2D eigenvalue weighted by molar-refractivity contribution is 5.72. The molecule has 0 atom stereocenters. The first-order valence-electron chi connectivity index (χ1n) is 5.73. The van der Waals surface area contributed by atoms with Gasteiger partial charge in [0, 0.05) is 0 Å². The van der Waals surface area contributed by atoms with Crippen molar-refractivity contribution in [3.05, 3.63) is 29.3 Å². The van der Waals surface area contributed by atoms with E-state index < -0.39 is 0 Å². The van der Waals surface area contributed by atoms with Gasteiger partial charge in [0.2, 0.25) is 0 Å². The molecule has 16 heavy (non-hydrogen) atoms. The molecule has 2 nitrogen and oxygen atoms in total. The predicted molar refractivity (Wildman–Crippen MR) is 67.8 cm³/mol. The van der Waals surface area contributed by atoms with Gasteiger partial charge in [-0.15, -0.1) is 0 Å². The highest BCUT2D eigenvalue weighted by atomic mass is 16.3. The maximum atomic E-state index is 9.62. The number of phenolic OH excluding ortho intramolecular Hbond substituents is 1. The molecule has 2 heteroatoms. The van der Waals surface area contributed by atoms with E-state index in [2.05, 4.69) is 6.92 Å². The fourth-order valence-corrected chi connectivity index (χ4v) is 1.29. The van der Waals surface area contributed by atoms with Crippen molar-refractivity contribution in [2.45, 2.75) is 47.0 Å². The number of phenols is 1. The number of para-hydroxylation sites is 1. The number of carbonyl (C=O) groups excluding carboxylic acids is 1. The van der Waals surface area contributed by atoms with Crippen molar-refractivity contribution in [3.63, 3.8) is 0 Å². The van der Waals surface area contributed by atoms with E-state index in [1.165, 1.54) is 20.3 Å². The SMILES string of the molecule is CC(C)=O.CCCCc1cccc(C)c1O. The summed E-state index contributed by atoms with van der Waals surface area (Å²) in [6.45, 7) is 7.15. The number of unbranched alkanes of at least 4 members (excludes halogenated alkanes) is 1. The van der Waals surface area contributed by atoms with E-state index in [0.29, 0.717) is 5.75 Å². The van der Waals surface area contributed by atoms with Crippen molar-refractivity contribution in [2.24, 2.45) is 0 Å². The molecule has 0 bridgehead atoms. The molecule has 0 saturated heterocycles. The third-order valence-corrected chi connectivity index (χ3v) is 2.12. The monoisotopic (exact) mass is 222 g/mol. The van der Waals surface area contributed by atoms with Gasteiger partial charge in [-0.25, -0.2) is 0 Å². The zero-order valence-corrected chi connectivity index (χ0v) is 10.7. The van der Waals surface area contributed by atoms with Crippen molar-refractivity contribution >= 4 is 5.78 Å². The number of benzene rings is 1. The molecule has 0 radical (unpaired) electrons. The van der Waals surface area contributed by atoms with Crippen molar-refractivity contribution in [1.29, 1.82) is 0 Å². The Labute approximate surface area is 98.3 Å². The van der Waals surface area contributed by atoms with E-state index >= 15 is 0 Å². The zero-order chi connectivity index (χ0) is 12.6. The molecule has 1 N–H and O–H groups in total. The van der Waals surface area contributed by atoms with E-state index in [9.17, 15) is 9.90 Å². The summed E-state index contributed by atoms with van der Waals surface area (Å²) in [6.07, 6.45) is 3.31. The van der Waals surface area contributed by atoms with Gasteiger partial charge in [-0.1, -0.05) is 31.5 Å². The minimum Gasteiger partial charge on any atom is -0.507 e. The second-order valence-electron chi connectivity index (χ2n) is 4.09. The summed E-state index contributed by atoms with van der Waals surface area (Å²) in [4.78, 5) is 9.44. The Morgan fingerprint density at radius 1 is 1.31 bits per heavy atom. The molecule has 1 rings (SSSR count). The number of aromatic hydroxyl groups is 1. The predicted octanol–water partition coefficient (Wildman–Crippen LogP) is 3.64. The van der Waals surface area contributed by atoms with Gasteiger partial charge in [0.1, 0.15) is 11.5 Å². The van der Waals surface area contributed by atoms with Gasteiger partial charge < -0.3 is 9.90 Å². The molecule has 0 unspecified atom stereocenters. The van der Waals surface area contributed by atoms with Crippen LogP contribution < -0.4 is 0 Å². The lowest BCUT2D eigenvalue weighted by molar-refractivity contribution is -0.114. The third-order valence-electron chi connectivity index (χ3n) is 2.12. The van der Waals surface area contributed by atoms with E-state index in [1.807, 2.05) is 25.1 Å². The number of carbonyl (C=O) groups is 1. The van der Waals surface area contributed by atoms with Crippen LogP contribution in [0.1, 0.15) is 44.7 Å². The highest BCUT2D eigenvalue weighted by Gasteiger charge is 2.01. The van der Waals surface area contributed by atoms with Crippen molar-refractivity contribution < 1.29 is 9.90 Å². The van der Waals surface area contributed by atoms with Crippen LogP contribution in [0.25, 0.3) is 0 Å². The Morgan fingerprint density at radius 3 is 2.38 bits per heavy atom. The topological polar surface area (TPSA) is 37.3 Å². The first kappa shape index (κ1) is 14.7. The molecular formula is C14H22O2. The average Bonchev–Trinajstić information content (AvgIpc) is 2.19. The number of Topliss-reactive ketones (excluding diaryl/α,β-unsaturated/α-hetero) is 1. The Hall–Kier alpha value is -1.31. The molecule has 0 aromatic heterocycles. The Balaban J connectivity index is 0.000000487. The standard InChI is InChI=1S/C11H16O.C3H6O/c1-3-4-7-10-8-5-6-9(2)11(10)12;1-3(2)4/h5-6,8,12H,3-4,7H2,1-2H3;1-2H3. The average molecular weight is 222 g/mol. The van der Waals surface area contributed by atoms with Gasteiger partial charge in [0.25, 0.3) is 0 Å². The van der Waals surface area contributed by atoms with Crippen LogP contribution in [0.5, 0.6) is 5.75 Å². The van der Waals surface area contributed by atoms with Gasteiger partial charge in [-0.3, -0.25) is 0 Å². The molecular weight excluding hydrogens is 200 g/mol. The fraction of sp³-hybridized carbons (Fsp3) is 0.500. The molecule has 0 aliphatic heterocycles. The maximum Gasteiger partial charge on any atom is 0.126 e. The molecule has 0 saturated carbocycles. The Kier molecular flexibility index (Phi) is 7.27. The van der Waals surface area contributed by atoms with E-state index in [1.54, 1.807) is 0 Å². The van der Waals surface area contributed by atoms with Crippen molar-refractivity contribution in [2.75, 3.05) is 0 Å². The molecule has 0 aliphatic carbocycles. The third kappa shape index (κ3) is 6.23. The first-order valence-corrected chi connectivity index (χ1v) is 5.73. The van der Waals surface area contributed by atoms with Crippen LogP contribution in [0, 0.1) is 6.92 Å². The van der Waals surface area contributed by atoms with Crippen molar-refractivity contribution in [3.8, 4) is 5.75 Å². The summed E-state index contributed by atoms with van der Waals surface area (Å²) < 4.78 is 0. The molecule has 1 aromatic carbocycles. The quantitative estimate of drug-likeness (QED) is 0.847. The van der Waals surface area contributed by atoms with Gasteiger partial charge in [0.15, 0.2) is 0 Å². The summed E-state index contributed by atoms with van der Waals surface area (Å²) in [5.41, 5.74) is 2.06. The van der Waals surface area contributed by atoms with Crippen LogP contribution >= 0.6 is 0 Å². The Morgan fingerprint density at radius 2 is 1.88 bits per heavy atom. The zero-order valence-electron chi connectivity index (χ0n) is 10.7. The summed E-state index contributed by atoms with van der Waals surface area (Å²) in [7, 11) is 0. The molecule has 0 heterocycles. The second kappa shape index (κ2) is 7.91. The van der Waals surface area contributed by atoms with Gasteiger partial charge in [0.05, 0.1) is 0 Å². The lowest BCUT2D eigenvalue weighted by Crippen LogP contribution is -1.87. The van der Waals surface area contributed by atoms with Gasteiger partial charge in [-0.05, 0) is 44.7 Å². The van der Waals surface area contributed by atoms with E-state index in [0.717, 1.165) is 24.0 Å². The van der Waals surface area contributed by atoms with Crippen LogP contribution in [-0.4, -0.2) is 10.9 Å². The summed E-state index contributed by atoms with van der Waals surface area (Å²) >= 11 is 0. The summed E-state index contributed by atoms with van der Waals surface area (Å²) in [5, 5.41) is 9.62.